The summed E-state index contributed by atoms with van der Waals surface area (Å²) in [5, 5.41) is 19.0. The Morgan fingerprint density at radius 2 is 1.53 bits per heavy atom. The van der Waals surface area contributed by atoms with Crippen molar-refractivity contribution in [1.29, 1.82) is 0 Å². The summed E-state index contributed by atoms with van der Waals surface area (Å²) in [6.07, 6.45) is 5.99. The van der Waals surface area contributed by atoms with Crippen LogP contribution in [0.15, 0.2) is 54.6 Å². The molecule has 1 atom stereocenters. The molecule has 0 saturated heterocycles. The Labute approximate surface area is 225 Å². The van der Waals surface area contributed by atoms with Gasteiger partial charge in [0.05, 0.1) is 0 Å². The standard InChI is InChI=1S/C9H9NO2.C8H11N.C6H14N2O2.C5H10O2/c1-7(12)10-9-4-2-8(6-11)3-5-9;9-7-6-8-4-2-1-3-5-8;7-4-2-1-3-5(8)6(9)10;1-2-3-4-5(6)7/h2-6H,1H3,(H,10,12);1-5H,6-7,9H2;5H,1-4,7-8H2,(H,9,10);2-4H2,1H3,(H,6,7)/t;;5-;/m..0./s1. The zero-order valence-electron chi connectivity index (χ0n) is 22.5. The number of carboxylic acids is 2. The van der Waals surface area contributed by atoms with Crippen molar-refractivity contribution in [2.45, 2.75) is 64.8 Å². The minimum atomic E-state index is -0.933. The van der Waals surface area contributed by atoms with Crippen molar-refractivity contribution in [3.63, 3.8) is 0 Å². The smallest absolute Gasteiger partial charge is 0.320 e. The molecule has 10 heteroatoms. The molecule has 0 aromatic heterocycles. The number of anilines is 1. The van der Waals surface area contributed by atoms with Gasteiger partial charge >= 0.3 is 11.9 Å². The highest BCUT2D eigenvalue weighted by atomic mass is 16.4. The van der Waals surface area contributed by atoms with Gasteiger partial charge in [0.15, 0.2) is 0 Å². The van der Waals surface area contributed by atoms with Crippen LogP contribution in [-0.2, 0) is 20.8 Å². The second-order valence-electron chi connectivity index (χ2n) is 8.17. The summed E-state index contributed by atoms with van der Waals surface area (Å²) >= 11 is 0. The Morgan fingerprint density at radius 1 is 0.921 bits per heavy atom. The molecular formula is C28H44N4O6. The van der Waals surface area contributed by atoms with E-state index in [2.05, 4.69) is 17.4 Å². The van der Waals surface area contributed by atoms with Crippen LogP contribution in [0.1, 0.15) is 68.3 Å². The number of hydrogen-bond donors (Lipinski definition) is 6. The van der Waals surface area contributed by atoms with Crippen LogP contribution in [0.2, 0.25) is 0 Å². The zero-order chi connectivity index (χ0) is 29.2. The normalized spacial score (nSPS) is 10.1. The van der Waals surface area contributed by atoms with Gasteiger partial charge in [-0.3, -0.25) is 19.2 Å². The fraction of sp³-hybridized carbons (Fsp3) is 0.429. The Morgan fingerprint density at radius 3 is 1.92 bits per heavy atom. The van der Waals surface area contributed by atoms with Crippen molar-refractivity contribution in [3.8, 4) is 0 Å². The van der Waals surface area contributed by atoms with Gasteiger partial charge in [-0.15, -0.1) is 0 Å². The molecule has 2 rings (SSSR count). The SMILES string of the molecule is CC(=O)Nc1ccc(C=O)cc1.CCCCC(=O)O.NCCCC[C@H](N)C(=O)O.NCCc1ccccc1. The van der Waals surface area contributed by atoms with Gasteiger partial charge in [0.2, 0.25) is 5.91 Å². The van der Waals surface area contributed by atoms with Gasteiger partial charge in [0, 0.05) is 24.6 Å². The van der Waals surface area contributed by atoms with E-state index < -0.39 is 18.0 Å². The van der Waals surface area contributed by atoms with Crippen molar-refractivity contribution in [2.24, 2.45) is 17.2 Å². The van der Waals surface area contributed by atoms with E-state index in [4.69, 9.17) is 27.4 Å². The second kappa shape index (κ2) is 25.1. The third-order valence-corrected chi connectivity index (χ3v) is 4.67. The lowest BCUT2D eigenvalue weighted by Gasteiger charge is -2.03. The van der Waals surface area contributed by atoms with Gasteiger partial charge in [0.25, 0.3) is 0 Å². The molecule has 0 unspecified atom stereocenters. The first kappa shape index (κ1) is 36.6. The van der Waals surface area contributed by atoms with Crippen molar-refractivity contribution >= 4 is 29.8 Å². The van der Waals surface area contributed by atoms with Gasteiger partial charge in [-0.1, -0.05) is 50.1 Å². The van der Waals surface area contributed by atoms with Gasteiger partial charge in [0.1, 0.15) is 12.3 Å². The Bertz CT molecular complexity index is 892. The first-order chi connectivity index (χ1) is 18.1. The topological polar surface area (TPSA) is 199 Å². The fourth-order valence-corrected chi connectivity index (χ4v) is 2.62. The lowest BCUT2D eigenvalue weighted by Crippen LogP contribution is -2.29. The summed E-state index contributed by atoms with van der Waals surface area (Å²) < 4.78 is 0. The summed E-state index contributed by atoms with van der Waals surface area (Å²) in [5.74, 6) is -1.74. The number of rotatable bonds is 12. The van der Waals surface area contributed by atoms with E-state index in [0.29, 0.717) is 30.6 Å². The number of amides is 1. The molecule has 0 radical (unpaired) electrons. The largest absolute Gasteiger partial charge is 0.481 e. The number of carbonyl (C=O) groups is 4. The lowest BCUT2D eigenvalue weighted by molar-refractivity contribution is -0.139. The molecule has 0 aliphatic rings. The van der Waals surface area contributed by atoms with E-state index in [1.54, 1.807) is 24.3 Å². The summed E-state index contributed by atoms with van der Waals surface area (Å²) in [4.78, 5) is 40.7. The molecule has 0 saturated carbocycles. The van der Waals surface area contributed by atoms with Crippen LogP contribution in [0, 0.1) is 0 Å². The molecule has 212 valence electrons. The van der Waals surface area contributed by atoms with Gasteiger partial charge in [-0.05, 0) is 68.6 Å². The second-order valence-corrected chi connectivity index (χ2v) is 8.17. The van der Waals surface area contributed by atoms with E-state index in [1.165, 1.54) is 12.5 Å². The average molecular weight is 533 g/mol. The van der Waals surface area contributed by atoms with Crippen LogP contribution in [0.3, 0.4) is 0 Å². The van der Waals surface area contributed by atoms with E-state index >= 15 is 0 Å². The van der Waals surface area contributed by atoms with Crippen LogP contribution in [0.4, 0.5) is 5.69 Å². The highest BCUT2D eigenvalue weighted by Crippen LogP contribution is 2.07. The fourth-order valence-electron chi connectivity index (χ4n) is 2.62. The van der Waals surface area contributed by atoms with Crippen molar-refractivity contribution < 1.29 is 29.4 Å². The van der Waals surface area contributed by atoms with Gasteiger partial charge in [-0.25, -0.2) is 0 Å². The molecule has 1 amide bonds. The third-order valence-electron chi connectivity index (χ3n) is 4.67. The molecule has 0 heterocycles. The van der Waals surface area contributed by atoms with Crippen molar-refractivity contribution in [1.82, 2.24) is 0 Å². The highest BCUT2D eigenvalue weighted by Gasteiger charge is 2.09. The molecule has 0 aliphatic heterocycles. The summed E-state index contributed by atoms with van der Waals surface area (Å²) in [6.45, 7) is 4.76. The number of carboxylic acid groups (broad SMARTS) is 2. The van der Waals surface area contributed by atoms with Crippen LogP contribution in [0.25, 0.3) is 0 Å². The first-order valence-corrected chi connectivity index (χ1v) is 12.6. The van der Waals surface area contributed by atoms with E-state index in [-0.39, 0.29) is 5.91 Å². The number of nitrogens with two attached hydrogens (primary N) is 3. The van der Waals surface area contributed by atoms with E-state index in [9.17, 15) is 19.2 Å². The lowest BCUT2D eigenvalue weighted by atomic mass is 10.1. The minimum Gasteiger partial charge on any atom is -0.481 e. The molecular weight excluding hydrogens is 488 g/mol. The quantitative estimate of drug-likeness (QED) is 0.175. The van der Waals surface area contributed by atoms with Crippen LogP contribution < -0.4 is 22.5 Å². The number of unbranched alkanes of at least 4 members (excludes halogenated alkanes) is 2. The molecule has 38 heavy (non-hydrogen) atoms. The van der Waals surface area contributed by atoms with E-state index in [1.807, 2.05) is 25.1 Å². The van der Waals surface area contributed by atoms with E-state index in [0.717, 1.165) is 44.9 Å². The van der Waals surface area contributed by atoms with Gasteiger partial charge in [-0.2, -0.15) is 0 Å². The summed E-state index contributed by atoms with van der Waals surface area (Å²) in [6, 6.07) is 16.2. The number of aliphatic carboxylic acids is 2. The average Bonchev–Trinajstić information content (AvgIpc) is 2.89. The third kappa shape index (κ3) is 24.1. The first-order valence-electron chi connectivity index (χ1n) is 12.6. The Kier molecular flexibility index (Phi) is 24.1. The summed E-state index contributed by atoms with van der Waals surface area (Å²) in [7, 11) is 0. The minimum absolute atomic E-state index is 0.117. The Balaban J connectivity index is 0. The van der Waals surface area contributed by atoms with Crippen molar-refractivity contribution in [3.05, 3.63) is 65.7 Å². The number of nitrogens with one attached hydrogen (secondary N) is 1. The molecule has 0 spiro atoms. The number of aldehydes is 1. The molecule has 2 aromatic carbocycles. The van der Waals surface area contributed by atoms with Gasteiger partial charge < -0.3 is 32.7 Å². The summed E-state index contributed by atoms with van der Waals surface area (Å²) in [5.41, 5.74) is 18.4. The van der Waals surface area contributed by atoms with Crippen LogP contribution >= 0.6 is 0 Å². The zero-order valence-corrected chi connectivity index (χ0v) is 22.5. The maximum Gasteiger partial charge on any atom is 0.320 e. The predicted octanol–water partition coefficient (Wildman–Crippen LogP) is 3.43. The molecule has 0 aliphatic carbocycles. The Hall–Kier alpha value is -3.60. The number of carbonyl (C=O) groups excluding carboxylic acids is 2. The molecule has 9 N–H and O–H groups in total. The van der Waals surface area contributed by atoms with Crippen LogP contribution in [-0.4, -0.2) is 53.5 Å². The molecule has 0 fully saturated rings. The molecule has 2 aromatic rings. The predicted molar refractivity (Wildman–Crippen MR) is 151 cm³/mol. The highest BCUT2D eigenvalue weighted by molar-refractivity contribution is 5.89. The van der Waals surface area contributed by atoms with Crippen molar-refractivity contribution in [2.75, 3.05) is 18.4 Å². The maximum atomic E-state index is 10.6. The monoisotopic (exact) mass is 532 g/mol. The molecule has 0 bridgehead atoms. The maximum absolute atomic E-state index is 10.6. The van der Waals surface area contributed by atoms with Crippen LogP contribution in [0.5, 0.6) is 0 Å². The molecule has 10 nitrogen and oxygen atoms in total. The number of hydrogen-bond acceptors (Lipinski definition) is 7. The number of benzene rings is 2.